The fourth-order valence-electron chi connectivity index (χ4n) is 2.38. The first-order chi connectivity index (χ1) is 6.14. The van der Waals surface area contributed by atoms with Gasteiger partial charge in [-0.3, -0.25) is 0 Å². The Bertz CT molecular complexity index is 165. The van der Waals surface area contributed by atoms with Crippen LogP contribution in [0.15, 0.2) is 12.2 Å². The molecule has 1 fully saturated rings. The van der Waals surface area contributed by atoms with Gasteiger partial charge in [0.2, 0.25) is 0 Å². The monoisotopic (exact) mass is 180 g/mol. The van der Waals surface area contributed by atoms with E-state index in [0.717, 1.165) is 5.92 Å². The number of allylic oxidation sites excluding steroid dienone is 2. The van der Waals surface area contributed by atoms with E-state index in [0.29, 0.717) is 5.41 Å². The Balaban J connectivity index is 2.34. The summed E-state index contributed by atoms with van der Waals surface area (Å²) in [7, 11) is 0. The second kappa shape index (κ2) is 4.83. The largest absolute Gasteiger partial charge is 0.0883 e. The molecule has 0 heteroatoms. The molecule has 0 bridgehead atoms. The third kappa shape index (κ3) is 3.97. The minimum atomic E-state index is 0.597. The van der Waals surface area contributed by atoms with Gasteiger partial charge in [0.1, 0.15) is 0 Å². The lowest BCUT2D eigenvalue weighted by molar-refractivity contribution is 0.206. The van der Waals surface area contributed by atoms with Gasteiger partial charge >= 0.3 is 0 Å². The van der Waals surface area contributed by atoms with Crippen molar-refractivity contribution in [3.05, 3.63) is 12.2 Å². The lowest BCUT2D eigenvalue weighted by Gasteiger charge is -2.33. The van der Waals surface area contributed by atoms with Gasteiger partial charge in [-0.15, -0.1) is 0 Å². The van der Waals surface area contributed by atoms with Crippen LogP contribution in [0.25, 0.3) is 0 Å². The summed E-state index contributed by atoms with van der Waals surface area (Å²) >= 11 is 0. The molecule has 0 N–H and O–H groups in total. The predicted octanol–water partition coefficient (Wildman–Crippen LogP) is 4.56. The normalized spacial score (nSPS) is 28.1. The molecule has 1 saturated carbocycles. The highest BCUT2D eigenvalue weighted by Gasteiger charge is 2.26. The van der Waals surface area contributed by atoms with E-state index in [2.05, 4.69) is 32.9 Å². The van der Waals surface area contributed by atoms with Gasteiger partial charge in [-0.25, -0.2) is 0 Å². The Morgan fingerprint density at radius 3 is 2.77 bits per heavy atom. The first-order valence-corrected chi connectivity index (χ1v) is 5.81. The molecule has 0 aromatic carbocycles. The smallest absolute Gasteiger partial charge is 0.0228 e. The van der Waals surface area contributed by atoms with Crippen LogP contribution in [0.5, 0.6) is 0 Å². The Morgan fingerprint density at radius 1 is 1.38 bits per heavy atom. The molecule has 0 nitrogen and oxygen atoms in total. The van der Waals surface area contributed by atoms with E-state index in [1.807, 2.05) is 0 Å². The molecule has 0 amide bonds. The predicted molar refractivity (Wildman–Crippen MR) is 59.8 cm³/mol. The number of hydrogen-bond donors (Lipinski definition) is 0. The molecule has 1 aliphatic carbocycles. The average molecular weight is 180 g/mol. The first kappa shape index (κ1) is 10.8. The van der Waals surface area contributed by atoms with Crippen molar-refractivity contribution in [2.45, 2.75) is 59.3 Å². The average Bonchev–Trinajstić information content (AvgIpc) is 2.03. The molecule has 0 aromatic rings. The van der Waals surface area contributed by atoms with Gasteiger partial charge in [-0.2, -0.15) is 0 Å². The van der Waals surface area contributed by atoms with Crippen molar-refractivity contribution < 1.29 is 0 Å². The molecule has 1 unspecified atom stereocenters. The van der Waals surface area contributed by atoms with Gasteiger partial charge < -0.3 is 0 Å². The van der Waals surface area contributed by atoms with Crippen LogP contribution in [0.2, 0.25) is 0 Å². The highest BCUT2D eigenvalue weighted by atomic mass is 14.3. The van der Waals surface area contributed by atoms with Crippen molar-refractivity contribution in [3.8, 4) is 0 Å². The van der Waals surface area contributed by atoms with Gasteiger partial charge in [0, 0.05) is 0 Å². The molecular formula is C13H24. The van der Waals surface area contributed by atoms with Crippen LogP contribution in [0, 0.1) is 11.3 Å². The lowest BCUT2D eigenvalue weighted by atomic mass is 9.72. The SMILES string of the molecule is CCCC=CC1CCCC(C)(C)C1. The van der Waals surface area contributed by atoms with Crippen molar-refractivity contribution >= 4 is 0 Å². The van der Waals surface area contributed by atoms with Crippen molar-refractivity contribution in [1.29, 1.82) is 0 Å². The third-order valence-corrected chi connectivity index (χ3v) is 3.11. The Labute approximate surface area is 83.4 Å². The van der Waals surface area contributed by atoms with E-state index in [4.69, 9.17) is 0 Å². The minimum Gasteiger partial charge on any atom is -0.0883 e. The van der Waals surface area contributed by atoms with E-state index < -0.39 is 0 Å². The Hall–Kier alpha value is -0.260. The molecule has 0 heterocycles. The second-order valence-corrected chi connectivity index (χ2v) is 5.24. The fourth-order valence-corrected chi connectivity index (χ4v) is 2.38. The van der Waals surface area contributed by atoms with Crippen LogP contribution in [-0.2, 0) is 0 Å². The highest BCUT2D eigenvalue weighted by Crippen LogP contribution is 2.38. The molecular weight excluding hydrogens is 156 g/mol. The molecule has 0 aliphatic heterocycles. The van der Waals surface area contributed by atoms with E-state index >= 15 is 0 Å². The number of unbranched alkanes of at least 4 members (excludes halogenated alkanes) is 1. The Kier molecular flexibility index (Phi) is 4.02. The third-order valence-electron chi connectivity index (χ3n) is 3.11. The minimum absolute atomic E-state index is 0.597. The standard InChI is InChI=1S/C13H24/c1-4-5-6-8-12-9-7-10-13(2,3)11-12/h6,8,12H,4-5,7,9-11H2,1-3H3. The Morgan fingerprint density at radius 2 is 2.15 bits per heavy atom. The zero-order valence-corrected chi connectivity index (χ0v) is 9.47. The summed E-state index contributed by atoms with van der Waals surface area (Å²) in [6, 6.07) is 0. The molecule has 1 atom stereocenters. The van der Waals surface area contributed by atoms with Gasteiger partial charge in [0.25, 0.3) is 0 Å². The molecule has 1 aliphatic rings. The van der Waals surface area contributed by atoms with Crippen LogP contribution < -0.4 is 0 Å². The van der Waals surface area contributed by atoms with Crippen LogP contribution in [-0.4, -0.2) is 0 Å². The lowest BCUT2D eigenvalue weighted by Crippen LogP contribution is -2.21. The van der Waals surface area contributed by atoms with Gasteiger partial charge in [0.15, 0.2) is 0 Å². The summed E-state index contributed by atoms with van der Waals surface area (Å²) in [4.78, 5) is 0. The zero-order valence-electron chi connectivity index (χ0n) is 9.47. The van der Waals surface area contributed by atoms with Crippen LogP contribution in [0.1, 0.15) is 59.3 Å². The highest BCUT2D eigenvalue weighted by molar-refractivity contribution is 4.93. The van der Waals surface area contributed by atoms with E-state index in [1.54, 1.807) is 0 Å². The van der Waals surface area contributed by atoms with Gasteiger partial charge in [0.05, 0.1) is 0 Å². The zero-order chi connectivity index (χ0) is 9.73. The molecule has 0 aromatic heterocycles. The van der Waals surface area contributed by atoms with Gasteiger partial charge in [-0.1, -0.05) is 45.8 Å². The topological polar surface area (TPSA) is 0 Å². The molecule has 0 saturated heterocycles. The van der Waals surface area contributed by atoms with Gasteiger partial charge in [-0.05, 0) is 37.0 Å². The first-order valence-electron chi connectivity index (χ1n) is 5.81. The maximum Gasteiger partial charge on any atom is -0.0228 e. The fraction of sp³-hybridized carbons (Fsp3) is 0.846. The molecule has 0 radical (unpaired) electrons. The summed E-state index contributed by atoms with van der Waals surface area (Å²) in [6.07, 6.45) is 13.1. The quantitative estimate of drug-likeness (QED) is 0.558. The summed E-state index contributed by atoms with van der Waals surface area (Å²) in [5, 5.41) is 0. The summed E-state index contributed by atoms with van der Waals surface area (Å²) in [5.41, 5.74) is 0.597. The molecule has 0 spiro atoms. The molecule has 1 rings (SSSR count). The molecule has 76 valence electrons. The van der Waals surface area contributed by atoms with E-state index in [1.165, 1.54) is 38.5 Å². The van der Waals surface area contributed by atoms with Crippen LogP contribution in [0.4, 0.5) is 0 Å². The van der Waals surface area contributed by atoms with Crippen LogP contribution in [0.3, 0.4) is 0 Å². The van der Waals surface area contributed by atoms with E-state index in [-0.39, 0.29) is 0 Å². The van der Waals surface area contributed by atoms with Crippen molar-refractivity contribution in [2.75, 3.05) is 0 Å². The maximum atomic E-state index is 2.46. The molecule has 13 heavy (non-hydrogen) atoms. The number of rotatable bonds is 3. The van der Waals surface area contributed by atoms with Crippen molar-refractivity contribution in [2.24, 2.45) is 11.3 Å². The maximum absolute atomic E-state index is 2.46. The van der Waals surface area contributed by atoms with Crippen molar-refractivity contribution in [1.82, 2.24) is 0 Å². The summed E-state index contributed by atoms with van der Waals surface area (Å²) in [6.45, 7) is 7.06. The number of hydrogen-bond acceptors (Lipinski definition) is 0. The van der Waals surface area contributed by atoms with Crippen LogP contribution >= 0.6 is 0 Å². The second-order valence-electron chi connectivity index (χ2n) is 5.24. The van der Waals surface area contributed by atoms with E-state index in [9.17, 15) is 0 Å². The summed E-state index contributed by atoms with van der Waals surface area (Å²) in [5.74, 6) is 0.871. The van der Waals surface area contributed by atoms with Crippen molar-refractivity contribution in [3.63, 3.8) is 0 Å². The summed E-state index contributed by atoms with van der Waals surface area (Å²) < 4.78 is 0.